The molecule has 0 radical (unpaired) electrons. The Hall–Kier alpha value is -1.92. The van der Waals surface area contributed by atoms with E-state index in [-0.39, 0.29) is 11.9 Å². The van der Waals surface area contributed by atoms with Crippen molar-refractivity contribution in [1.29, 1.82) is 0 Å². The van der Waals surface area contributed by atoms with Crippen LogP contribution in [0.3, 0.4) is 0 Å². The van der Waals surface area contributed by atoms with Crippen LogP contribution in [0.5, 0.6) is 0 Å². The number of hydrogen-bond donors (Lipinski definition) is 1. The molecule has 0 bridgehead atoms. The second-order valence-corrected chi connectivity index (χ2v) is 5.48. The molecule has 2 heterocycles. The fraction of sp³-hybridized carbons (Fsp3) is 0.692. The van der Waals surface area contributed by atoms with Gasteiger partial charge in [-0.15, -0.1) is 0 Å². The van der Waals surface area contributed by atoms with E-state index in [1.807, 2.05) is 0 Å². The average molecular weight is 277 g/mol. The fourth-order valence-corrected chi connectivity index (χ4v) is 3.23. The third-order valence-corrected chi connectivity index (χ3v) is 4.27. The third-order valence-electron chi connectivity index (χ3n) is 4.27. The highest BCUT2D eigenvalue weighted by Gasteiger charge is 2.54. The Bertz CT molecular complexity index is 533. The summed E-state index contributed by atoms with van der Waals surface area (Å²) in [5, 5.41) is 6.62. The Kier molecular flexibility index (Phi) is 3.19. The first kappa shape index (κ1) is 13.1. The van der Waals surface area contributed by atoms with Crippen LogP contribution in [0.4, 0.5) is 4.79 Å². The van der Waals surface area contributed by atoms with Gasteiger partial charge in [0.25, 0.3) is 5.91 Å². The molecular weight excluding hydrogens is 258 g/mol. The summed E-state index contributed by atoms with van der Waals surface area (Å²) in [6, 6.07) is -0.303. The van der Waals surface area contributed by atoms with E-state index < -0.39 is 5.54 Å². The van der Waals surface area contributed by atoms with E-state index in [9.17, 15) is 9.59 Å². The highest BCUT2D eigenvalue weighted by atomic mass is 16.2. The molecule has 1 aromatic heterocycles. The zero-order chi connectivity index (χ0) is 14.2. The van der Waals surface area contributed by atoms with Crippen molar-refractivity contribution < 1.29 is 9.59 Å². The van der Waals surface area contributed by atoms with Crippen LogP contribution < -0.4 is 5.32 Å². The Labute approximate surface area is 117 Å². The minimum atomic E-state index is -0.653. The minimum absolute atomic E-state index is 0.151. The second kappa shape index (κ2) is 4.88. The van der Waals surface area contributed by atoms with Crippen molar-refractivity contribution in [3.05, 3.63) is 12.2 Å². The summed E-state index contributed by atoms with van der Waals surface area (Å²) in [4.78, 5) is 30.1. The smallest absolute Gasteiger partial charge is 0.302 e. The van der Waals surface area contributed by atoms with Gasteiger partial charge in [-0.1, -0.05) is 19.8 Å². The Morgan fingerprint density at radius 1 is 1.35 bits per heavy atom. The van der Waals surface area contributed by atoms with Crippen molar-refractivity contribution in [3.8, 4) is 0 Å². The molecule has 0 atom stereocenters. The zero-order valence-corrected chi connectivity index (χ0v) is 11.6. The largest absolute Gasteiger partial charge is 0.325 e. The standard InChI is InChI=1S/C13H19N5O2/c1-2-7-18-10(14-9-15-18)8-17-12(20)16-11(19)13(17)5-3-4-6-13/h9H,2-8H2,1H3,(H,16,19,20). The second-order valence-electron chi connectivity index (χ2n) is 5.48. The van der Waals surface area contributed by atoms with Crippen LogP contribution in [0, 0.1) is 0 Å². The lowest BCUT2D eigenvalue weighted by molar-refractivity contribution is -0.126. The van der Waals surface area contributed by atoms with Gasteiger partial charge in [-0.25, -0.2) is 14.5 Å². The van der Waals surface area contributed by atoms with E-state index in [0.29, 0.717) is 6.54 Å². The number of imide groups is 1. The number of rotatable bonds is 4. The first-order chi connectivity index (χ1) is 9.67. The molecule has 1 aliphatic carbocycles. The number of carbonyl (C=O) groups is 2. The highest BCUT2D eigenvalue weighted by Crippen LogP contribution is 2.39. The SMILES string of the molecule is CCCn1ncnc1CN1C(=O)NC(=O)C12CCCC2. The van der Waals surface area contributed by atoms with Crippen molar-refractivity contribution in [3.63, 3.8) is 0 Å². The van der Waals surface area contributed by atoms with Gasteiger partial charge in [0.15, 0.2) is 0 Å². The number of aryl methyl sites for hydroxylation is 1. The number of carbonyl (C=O) groups excluding carboxylic acids is 2. The molecule has 3 rings (SSSR count). The maximum absolute atomic E-state index is 12.1. The first-order valence-electron chi connectivity index (χ1n) is 7.17. The van der Waals surface area contributed by atoms with E-state index in [1.54, 1.807) is 9.58 Å². The summed E-state index contributed by atoms with van der Waals surface area (Å²) in [7, 11) is 0. The Morgan fingerprint density at radius 2 is 2.10 bits per heavy atom. The maximum atomic E-state index is 12.1. The van der Waals surface area contributed by atoms with Gasteiger partial charge in [0, 0.05) is 6.54 Å². The van der Waals surface area contributed by atoms with Gasteiger partial charge in [-0.3, -0.25) is 10.1 Å². The van der Waals surface area contributed by atoms with Crippen LogP contribution in [0.25, 0.3) is 0 Å². The molecule has 3 amide bonds. The topological polar surface area (TPSA) is 80.1 Å². The molecule has 1 saturated carbocycles. The van der Waals surface area contributed by atoms with Crippen molar-refractivity contribution in [2.45, 2.75) is 57.7 Å². The van der Waals surface area contributed by atoms with Crippen LogP contribution in [-0.4, -0.2) is 37.1 Å². The number of urea groups is 1. The molecule has 20 heavy (non-hydrogen) atoms. The lowest BCUT2D eigenvalue weighted by atomic mass is 9.96. The molecule has 1 spiro atoms. The molecule has 1 saturated heterocycles. The summed E-state index contributed by atoms with van der Waals surface area (Å²) in [5.41, 5.74) is -0.653. The Morgan fingerprint density at radius 3 is 2.80 bits per heavy atom. The molecular formula is C13H19N5O2. The molecule has 108 valence electrons. The highest BCUT2D eigenvalue weighted by molar-refractivity contribution is 6.07. The van der Waals surface area contributed by atoms with Crippen LogP contribution >= 0.6 is 0 Å². The van der Waals surface area contributed by atoms with Crippen molar-refractivity contribution in [1.82, 2.24) is 25.0 Å². The van der Waals surface area contributed by atoms with Crippen LogP contribution in [0.15, 0.2) is 6.33 Å². The summed E-state index contributed by atoms with van der Waals surface area (Å²) in [6.45, 7) is 3.18. The molecule has 1 aromatic rings. The van der Waals surface area contributed by atoms with Crippen molar-refractivity contribution in [2.75, 3.05) is 0 Å². The van der Waals surface area contributed by atoms with Crippen molar-refractivity contribution >= 4 is 11.9 Å². The summed E-state index contributed by atoms with van der Waals surface area (Å²) < 4.78 is 1.80. The normalized spacial score (nSPS) is 20.9. The minimum Gasteiger partial charge on any atom is -0.302 e. The van der Waals surface area contributed by atoms with Crippen molar-refractivity contribution in [2.24, 2.45) is 0 Å². The first-order valence-corrected chi connectivity index (χ1v) is 7.17. The number of hydrogen-bond acceptors (Lipinski definition) is 4. The predicted octanol–water partition coefficient (Wildman–Crippen LogP) is 1.05. The lowest BCUT2D eigenvalue weighted by Crippen LogP contribution is -2.47. The molecule has 2 fully saturated rings. The van der Waals surface area contributed by atoms with Crippen LogP contribution in [-0.2, 0) is 17.9 Å². The quantitative estimate of drug-likeness (QED) is 0.834. The predicted molar refractivity (Wildman–Crippen MR) is 70.6 cm³/mol. The zero-order valence-electron chi connectivity index (χ0n) is 11.6. The molecule has 0 unspecified atom stereocenters. The summed E-state index contributed by atoms with van der Waals surface area (Å²) in [5.74, 6) is 0.588. The van der Waals surface area contributed by atoms with E-state index >= 15 is 0 Å². The van der Waals surface area contributed by atoms with E-state index in [4.69, 9.17) is 0 Å². The molecule has 1 N–H and O–H groups in total. The summed E-state index contributed by atoms with van der Waals surface area (Å²) in [6.07, 6.45) is 5.91. The van der Waals surface area contributed by atoms with E-state index in [1.165, 1.54) is 6.33 Å². The number of aromatic nitrogens is 3. The lowest BCUT2D eigenvalue weighted by Gasteiger charge is -2.30. The maximum Gasteiger partial charge on any atom is 0.325 e. The van der Waals surface area contributed by atoms with Gasteiger partial charge < -0.3 is 4.90 Å². The van der Waals surface area contributed by atoms with Gasteiger partial charge in [0.2, 0.25) is 0 Å². The van der Waals surface area contributed by atoms with Gasteiger partial charge in [-0.05, 0) is 19.3 Å². The van der Waals surface area contributed by atoms with E-state index in [0.717, 1.165) is 44.5 Å². The average Bonchev–Trinajstić information content (AvgIpc) is 3.10. The number of amides is 3. The van der Waals surface area contributed by atoms with Gasteiger partial charge in [0.05, 0.1) is 6.54 Å². The molecule has 7 nitrogen and oxygen atoms in total. The monoisotopic (exact) mass is 277 g/mol. The third kappa shape index (κ3) is 1.88. The number of nitrogens with one attached hydrogen (secondary N) is 1. The van der Waals surface area contributed by atoms with Gasteiger partial charge in [-0.2, -0.15) is 5.10 Å². The van der Waals surface area contributed by atoms with Crippen LogP contribution in [0.2, 0.25) is 0 Å². The van der Waals surface area contributed by atoms with Gasteiger partial charge >= 0.3 is 6.03 Å². The molecule has 0 aromatic carbocycles. The van der Waals surface area contributed by atoms with Gasteiger partial charge in [0.1, 0.15) is 17.7 Å². The van der Waals surface area contributed by atoms with Crippen LogP contribution in [0.1, 0.15) is 44.9 Å². The summed E-state index contributed by atoms with van der Waals surface area (Å²) >= 11 is 0. The number of nitrogens with zero attached hydrogens (tertiary/aromatic N) is 4. The fourth-order valence-electron chi connectivity index (χ4n) is 3.23. The molecule has 1 aliphatic heterocycles. The Balaban J connectivity index is 1.86. The molecule has 7 heteroatoms. The molecule has 2 aliphatic rings. The van der Waals surface area contributed by atoms with E-state index in [2.05, 4.69) is 22.3 Å².